The van der Waals surface area contributed by atoms with Crippen LogP contribution in [0.2, 0.25) is 5.02 Å². The molecule has 20 heavy (non-hydrogen) atoms. The number of nitrogens with one attached hydrogen (secondary N) is 1. The Kier molecular flexibility index (Phi) is 3.40. The van der Waals surface area contributed by atoms with E-state index in [4.69, 9.17) is 11.6 Å². The Morgan fingerprint density at radius 2 is 2.00 bits per heavy atom. The number of benzene rings is 2. The maximum Gasteiger partial charge on any atom is 0.195 e. The fourth-order valence-corrected chi connectivity index (χ4v) is 2.82. The highest BCUT2D eigenvalue weighted by Gasteiger charge is 2.17. The number of fused-ring (bicyclic) bond motifs is 1. The molecule has 0 fully saturated rings. The van der Waals surface area contributed by atoms with Crippen LogP contribution >= 0.6 is 27.5 Å². The number of halogens is 2. The highest BCUT2D eigenvalue weighted by molar-refractivity contribution is 9.10. The van der Waals surface area contributed by atoms with Crippen molar-refractivity contribution in [2.45, 2.75) is 6.92 Å². The van der Waals surface area contributed by atoms with Gasteiger partial charge in [-0.3, -0.25) is 4.79 Å². The van der Waals surface area contributed by atoms with Crippen LogP contribution in [-0.4, -0.2) is 10.8 Å². The van der Waals surface area contributed by atoms with Crippen molar-refractivity contribution in [3.8, 4) is 0 Å². The molecule has 100 valence electrons. The maximum atomic E-state index is 12.7. The largest absolute Gasteiger partial charge is 0.360 e. The topological polar surface area (TPSA) is 32.9 Å². The number of H-pyrrole nitrogens is 1. The molecule has 1 heterocycles. The van der Waals surface area contributed by atoms with Gasteiger partial charge < -0.3 is 4.98 Å². The standard InChI is InChI=1S/C16H11BrClNO/c1-9-11(3-2-4-14(9)17)16(20)13-8-19-15-6-5-10(18)7-12(13)15/h2-8,19H,1H3. The summed E-state index contributed by atoms with van der Waals surface area (Å²) >= 11 is 9.48. The van der Waals surface area contributed by atoms with Crippen molar-refractivity contribution in [2.24, 2.45) is 0 Å². The molecule has 0 saturated heterocycles. The number of ketones is 1. The molecule has 3 aromatic rings. The Bertz CT molecular complexity index is 822. The van der Waals surface area contributed by atoms with Gasteiger partial charge in [-0.1, -0.05) is 39.7 Å². The molecule has 0 amide bonds. The molecule has 0 unspecified atom stereocenters. The Labute approximate surface area is 129 Å². The first kappa shape index (κ1) is 13.4. The van der Waals surface area contributed by atoms with Crippen LogP contribution < -0.4 is 0 Å². The second-order valence-electron chi connectivity index (χ2n) is 4.63. The van der Waals surface area contributed by atoms with E-state index in [-0.39, 0.29) is 5.78 Å². The molecular formula is C16H11BrClNO. The van der Waals surface area contributed by atoms with Crippen molar-refractivity contribution in [2.75, 3.05) is 0 Å². The summed E-state index contributed by atoms with van der Waals surface area (Å²) in [7, 11) is 0. The molecule has 0 atom stereocenters. The lowest BCUT2D eigenvalue weighted by molar-refractivity contribution is 0.103. The summed E-state index contributed by atoms with van der Waals surface area (Å²) < 4.78 is 0.932. The molecule has 4 heteroatoms. The molecule has 0 saturated carbocycles. The molecule has 0 radical (unpaired) electrons. The van der Waals surface area contributed by atoms with Crippen LogP contribution in [0, 0.1) is 6.92 Å². The van der Waals surface area contributed by atoms with Crippen LogP contribution in [0.1, 0.15) is 21.5 Å². The van der Waals surface area contributed by atoms with Crippen molar-refractivity contribution < 1.29 is 4.79 Å². The van der Waals surface area contributed by atoms with E-state index in [9.17, 15) is 4.79 Å². The maximum absolute atomic E-state index is 12.7. The zero-order chi connectivity index (χ0) is 14.3. The van der Waals surface area contributed by atoms with Gasteiger partial charge in [0.2, 0.25) is 0 Å². The average Bonchev–Trinajstić information content (AvgIpc) is 2.84. The molecule has 0 aliphatic rings. The third kappa shape index (κ3) is 2.17. The highest BCUT2D eigenvalue weighted by Crippen LogP contribution is 2.27. The van der Waals surface area contributed by atoms with Gasteiger partial charge in [-0.15, -0.1) is 0 Å². The van der Waals surface area contributed by atoms with E-state index in [0.717, 1.165) is 20.9 Å². The van der Waals surface area contributed by atoms with E-state index >= 15 is 0 Å². The molecule has 1 aromatic heterocycles. The lowest BCUT2D eigenvalue weighted by atomic mass is 9.99. The van der Waals surface area contributed by atoms with E-state index in [0.29, 0.717) is 16.1 Å². The number of rotatable bonds is 2. The van der Waals surface area contributed by atoms with Crippen molar-refractivity contribution >= 4 is 44.2 Å². The predicted octanol–water partition coefficient (Wildman–Crippen LogP) is 5.12. The first-order valence-corrected chi connectivity index (χ1v) is 7.31. The molecule has 2 nitrogen and oxygen atoms in total. The van der Waals surface area contributed by atoms with Crippen LogP contribution in [0.3, 0.4) is 0 Å². The summed E-state index contributed by atoms with van der Waals surface area (Å²) in [6.07, 6.45) is 1.74. The van der Waals surface area contributed by atoms with E-state index < -0.39 is 0 Å². The summed E-state index contributed by atoms with van der Waals surface area (Å²) in [5, 5.41) is 1.47. The van der Waals surface area contributed by atoms with Crippen molar-refractivity contribution in [1.29, 1.82) is 0 Å². The van der Waals surface area contributed by atoms with Gasteiger partial charge >= 0.3 is 0 Å². The van der Waals surface area contributed by atoms with E-state index in [1.54, 1.807) is 12.3 Å². The smallest absolute Gasteiger partial charge is 0.195 e. The first-order chi connectivity index (χ1) is 9.58. The molecule has 1 N–H and O–H groups in total. The Morgan fingerprint density at radius 3 is 2.80 bits per heavy atom. The summed E-state index contributed by atoms with van der Waals surface area (Å²) in [6.45, 7) is 1.93. The van der Waals surface area contributed by atoms with Gasteiger partial charge in [-0.05, 0) is 36.8 Å². The van der Waals surface area contributed by atoms with Gasteiger partial charge in [0, 0.05) is 37.7 Å². The van der Waals surface area contributed by atoms with E-state index in [2.05, 4.69) is 20.9 Å². The third-order valence-electron chi connectivity index (χ3n) is 3.40. The second kappa shape index (κ2) is 5.08. The lowest BCUT2D eigenvalue weighted by Crippen LogP contribution is -2.03. The molecule has 0 aliphatic carbocycles. The minimum absolute atomic E-state index is 0.00248. The molecular weight excluding hydrogens is 338 g/mol. The van der Waals surface area contributed by atoms with Gasteiger partial charge in [0.05, 0.1) is 0 Å². The fourth-order valence-electron chi connectivity index (χ4n) is 2.28. The predicted molar refractivity (Wildman–Crippen MR) is 85.6 cm³/mol. The van der Waals surface area contributed by atoms with Gasteiger partial charge in [0.1, 0.15) is 0 Å². The van der Waals surface area contributed by atoms with Crippen molar-refractivity contribution in [3.05, 3.63) is 68.8 Å². The van der Waals surface area contributed by atoms with Crippen LogP contribution in [0.4, 0.5) is 0 Å². The average molecular weight is 349 g/mol. The van der Waals surface area contributed by atoms with E-state index in [1.165, 1.54) is 0 Å². The number of aromatic amines is 1. The van der Waals surface area contributed by atoms with Crippen LogP contribution in [0.5, 0.6) is 0 Å². The summed E-state index contributed by atoms with van der Waals surface area (Å²) in [6, 6.07) is 11.1. The van der Waals surface area contributed by atoms with Crippen LogP contribution in [-0.2, 0) is 0 Å². The number of carbonyl (C=O) groups is 1. The second-order valence-corrected chi connectivity index (χ2v) is 5.92. The van der Waals surface area contributed by atoms with Gasteiger partial charge in [0.15, 0.2) is 5.78 Å². The quantitative estimate of drug-likeness (QED) is 0.640. The Balaban J connectivity index is 2.18. The van der Waals surface area contributed by atoms with Crippen LogP contribution in [0.15, 0.2) is 47.1 Å². The summed E-state index contributed by atoms with van der Waals surface area (Å²) in [5.41, 5.74) is 3.18. The Hall–Kier alpha value is -1.58. The van der Waals surface area contributed by atoms with Crippen molar-refractivity contribution in [3.63, 3.8) is 0 Å². The van der Waals surface area contributed by atoms with Gasteiger partial charge in [-0.25, -0.2) is 0 Å². The van der Waals surface area contributed by atoms with Crippen LogP contribution in [0.25, 0.3) is 10.9 Å². The minimum atomic E-state index is -0.00248. The molecule has 0 spiro atoms. The van der Waals surface area contributed by atoms with E-state index in [1.807, 2.05) is 37.3 Å². The monoisotopic (exact) mass is 347 g/mol. The Morgan fingerprint density at radius 1 is 1.20 bits per heavy atom. The number of hydrogen-bond donors (Lipinski definition) is 1. The first-order valence-electron chi connectivity index (χ1n) is 6.14. The number of carbonyl (C=O) groups excluding carboxylic acids is 1. The molecule has 2 aromatic carbocycles. The van der Waals surface area contributed by atoms with Gasteiger partial charge in [-0.2, -0.15) is 0 Å². The summed E-state index contributed by atoms with van der Waals surface area (Å²) in [5.74, 6) is -0.00248. The van der Waals surface area contributed by atoms with Crippen molar-refractivity contribution in [1.82, 2.24) is 4.98 Å². The molecule has 3 rings (SSSR count). The third-order valence-corrected chi connectivity index (χ3v) is 4.49. The SMILES string of the molecule is Cc1c(Br)cccc1C(=O)c1c[nH]c2ccc(Cl)cc12. The number of aromatic nitrogens is 1. The molecule has 0 bridgehead atoms. The zero-order valence-electron chi connectivity index (χ0n) is 10.7. The zero-order valence-corrected chi connectivity index (χ0v) is 13.0. The molecule has 0 aliphatic heterocycles. The van der Waals surface area contributed by atoms with Gasteiger partial charge in [0.25, 0.3) is 0 Å². The highest BCUT2D eigenvalue weighted by atomic mass is 79.9. The fraction of sp³-hybridized carbons (Fsp3) is 0.0625. The minimum Gasteiger partial charge on any atom is -0.360 e. The number of hydrogen-bond acceptors (Lipinski definition) is 1. The summed E-state index contributed by atoms with van der Waals surface area (Å²) in [4.78, 5) is 15.8. The lowest BCUT2D eigenvalue weighted by Gasteiger charge is -2.06. The normalized spacial score (nSPS) is 10.9.